The van der Waals surface area contributed by atoms with Gasteiger partial charge in [0.15, 0.2) is 0 Å². The third kappa shape index (κ3) is 3.62. The van der Waals surface area contributed by atoms with E-state index in [1.165, 1.54) is 23.9 Å². The summed E-state index contributed by atoms with van der Waals surface area (Å²) in [7, 11) is 0. The number of benzene rings is 1. The molecule has 1 aliphatic rings. The maximum atomic E-state index is 12.8. The van der Waals surface area contributed by atoms with Crippen molar-refractivity contribution >= 4 is 17.7 Å². The van der Waals surface area contributed by atoms with Crippen molar-refractivity contribution in [3.8, 4) is 0 Å². The van der Waals surface area contributed by atoms with Crippen molar-refractivity contribution in [3.63, 3.8) is 0 Å². The van der Waals surface area contributed by atoms with Crippen molar-refractivity contribution in [2.75, 3.05) is 0 Å². The van der Waals surface area contributed by atoms with E-state index in [1.807, 2.05) is 6.92 Å². The molecule has 1 aliphatic carbocycles. The average molecular weight is 321 g/mol. The second kappa shape index (κ2) is 6.43. The van der Waals surface area contributed by atoms with E-state index in [2.05, 4.69) is 20.8 Å². The molecule has 1 atom stereocenters. The summed E-state index contributed by atoms with van der Waals surface area (Å²) < 4.78 is 14.6. The van der Waals surface area contributed by atoms with E-state index in [-0.39, 0.29) is 17.0 Å². The minimum absolute atomic E-state index is 0.0975. The molecule has 3 rings (SSSR count). The van der Waals surface area contributed by atoms with Crippen LogP contribution in [-0.2, 0) is 11.3 Å². The fourth-order valence-electron chi connectivity index (χ4n) is 1.96. The van der Waals surface area contributed by atoms with E-state index in [1.54, 1.807) is 16.8 Å². The summed E-state index contributed by atoms with van der Waals surface area (Å²) in [6, 6.07) is 6.45. The van der Waals surface area contributed by atoms with Crippen LogP contribution in [0.5, 0.6) is 0 Å². The molecule has 116 valence electrons. The maximum absolute atomic E-state index is 12.8. The predicted octanol–water partition coefficient (Wildman–Crippen LogP) is 1.94. The Labute approximate surface area is 131 Å². The van der Waals surface area contributed by atoms with E-state index in [0.29, 0.717) is 17.7 Å². The zero-order valence-corrected chi connectivity index (χ0v) is 12.9. The van der Waals surface area contributed by atoms with Gasteiger partial charge < -0.3 is 5.32 Å². The monoisotopic (exact) mass is 321 g/mol. The lowest BCUT2D eigenvalue weighted by Crippen LogP contribution is -2.30. The van der Waals surface area contributed by atoms with Crippen LogP contribution in [-0.4, -0.2) is 31.4 Å². The molecule has 1 heterocycles. The minimum Gasteiger partial charge on any atom is -0.351 e. The molecule has 8 heteroatoms. The van der Waals surface area contributed by atoms with Gasteiger partial charge in [-0.25, -0.2) is 9.07 Å². The molecule has 1 aromatic heterocycles. The van der Waals surface area contributed by atoms with Crippen LogP contribution in [0.4, 0.5) is 4.39 Å². The summed E-state index contributed by atoms with van der Waals surface area (Å²) in [4.78, 5) is 12.1. The van der Waals surface area contributed by atoms with Gasteiger partial charge in [-0.1, -0.05) is 23.9 Å². The number of carbonyl (C=O) groups is 1. The first-order valence-corrected chi connectivity index (χ1v) is 7.98. The molecule has 22 heavy (non-hydrogen) atoms. The minimum atomic E-state index is -0.302. The highest BCUT2D eigenvalue weighted by molar-refractivity contribution is 8.00. The van der Waals surface area contributed by atoms with E-state index in [9.17, 15) is 9.18 Å². The third-order valence-electron chi connectivity index (χ3n) is 3.39. The predicted molar refractivity (Wildman–Crippen MR) is 79.7 cm³/mol. The van der Waals surface area contributed by atoms with Crippen LogP contribution in [0.25, 0.3) is 0 Å². The number of halogens is 1. The number of tetrazole rings is 1. The number of rotatable bonds is 6. The van der Waals surface area contributed by atoms with Gasteiger partial charge in [0, 0.05) is 6.54 Å². The van der Waals surface area contributed by atoms with E-state index in [0.717, 1.165) is 18.4 Å². The summed E-state index contributed by atoms with van der Waals surface area (Å²) in [5, 5.41) is 14.8. The van der Waals surface area contributed by atoms with Crippen molar-refractivity contribution in [2.24, 2.45) is 0 Å². The van der Waals surface area contributed by atoms with Gasteiger partial charge in [-0.15, -0.1) is 5.10 Å². The molecule has 1 N–H and O–H groups in total. The molecule has 1 fully saturated rings. The summed E-state index contributed by atoms with van der Waals surface area (Å²) in [6.07, 6.45) is 2.17. The smallest absolute Gasteiger partial charge is 0.233 e. The number of hydrogen-bond donors (Lipinski definition) is 1. The second-order valence-corrected chi connectivity index (χ2v) is 6.55. The summed E-state index contributed by atoms with van der Waals surface area (Å²) in [5.41, 5.74) is 0.856. The standard InChI is InChI=1S/C14H16FN5OS/c1-9(22-14-17-18-19-20(14)12-6-7-12)13(21)16-8-10-2-4-11(15)5-3-10/h2-5,9,12H,6-8H2,1H3,(H,16,21). The van der Waals surface area contributed by atoms with Crippen LogP contribution >= 0.6 is 11.8 Å². The number of hydrogen-bond acceptors (Lipinski definition) is 5. The maximum Gasteiger partial charge on any atom is 0.233 e. The lowest BCUT2D eigenvalue weighted by molar-refractivity contribution is -0.120. The van der Waals surface area contributed by atoms with Crippen molar-refractivity contribution in [1.82, 2.24) is 25.5 Å². The first-order chi connectivity index (χ1) is 10.6. The van der Waals surface area contributed by atoms with Gasteiger partial charge in [-0.05, 0) is 47.9 Å². The van der Waals surface area contributed by atoms with E-state index < -0.39 is 0 Å². The molecule has 6 nitrogen and oxygen atoms in total. The highest BCUT2D eigenvalue weighted by Crippen LogP contribution is 2.37. The SMILES string of the molecule is CC(Sc1nnnn1C1CC1)C(=O)NCc1ccc(F)cc1. The van der Waals surface area contributed by atoms with Gasteiger partial charge in [-0.3, -0.25) is 4.79 Å². The summed E-state index contributed by atoms with van der Waals surface area (Å²) >= 11 is 1.35. The van der Waals surface area contributed by atoms with Crippen molar-refractivity contribution in [3.05, 3.63) is 35.6 Å². The zero-order chi connectivity index (χ0) is 15.5. The molecule has 1 aromatic carbocycles. The van der Waals surface area contributed by atoms with Crippen LogP contribution < -0.4 is 5.32 Å². The highest BCUT2D eigenvalue weighted by atomic mass is 32.2. The number of carbonyl (C=O) groups excluding carboxylic acids is 1. The number of nitrogens with zero attached hydrogens (tertiary/aromatic N) is 4. The Morgan fingerprint density at radius 1 is 1.45 bits per heavy atom. The summed E-state index contributed by atoms with van der Waals surface area (Å²) in [6.45, 7) is 2.19. The molecule has 0 radical (unpaired) electrons. The first kappa shape index (κ1) is 15.0. The van der Waals surface area contributed by atoms with Crippen molar-refractivity contribution in [1.29, 1.82) is 0 Å². The molecule has 0 aliphatic heterocycles. The van der Waals surface area contributed by atoms with E-state index in [4.69, 9.17) is 0 Å². The van der Waals surface area contributed by atoms with E-state index >= 15 is 0 Å². The Bertz CT molecular complexity index is 656. The molecule has 1 unspecified atom stereocenters. The van der Waals surface area contributed by atoms with Gasteiger partial charge in [0.05, 0.1) is 11.3 Å². The average Bonchev–Trinajstić information content (AvgIpc) is 3.26. The molecular weight excluding hydrogens is 305 g/mol. The quantitative estimate of drug-likeness (QED) is 0.823. The summed E-state index contributed by atoms with van der Waals surface area (Å²) in [5.74, 6) is -0.384. The van der Waals surface area contributed by atoms with Gasteiger partial charge in [0.25, 0.3) is 0 Å². The third-order valence-corrected chi connectivity index (χ3v) is 4.43. The number of nitrogens with one attached hydrogen (secondary N) is 1. The molecule has 2 aromatic rings. The Hall–Kier alpha value is -1.96. The van der Waals surface area contributed by atoms with Gasteiger partial charge in [-0.2, -0.15) is 0 Å². The molecular formula is C14H16FN5OS. The van der Waals surface area contributed by atoms with Gasteiger partial charge in [0.1, 0.15) is 5.82 Å². The van der Waals surface area contributed by atoms with Gasteiger partial charge >= 0.3 is 0 Å². The largest absolute Gasteiger partial charge is 0.351 e. The Morgan fingerprint density at radius 3 is 2.86 bits per heavy atom. The second-order valence-electron chi connectivity index (χ2n) is 5.24. The molecule has 0 bridgehead atoms. The van der Waals surface area contributed by atoms with Crippen LogP contribution in [0.15, 0.2) is 29.4 Å². The lowest BCUT2D eigenvalue weighted by atomic mass is 10.2. The van der Waals surface area contributed by atoms with Crippen LogP contribution in [0.2, 0.25) is 0 Å². The highest BCUT2D eigenvalue weighted by Gasteiger charge is 2.29. The molecule has 1 saturated carbocycles. The molecule has 0 saturated heterocycles. The normalized spacial score (nSPS) is 15.5. The molecule has 1 amide bonds. The Kier molecular flexibility index (Phi) is 4.37. The first-order valence-electron chi connectivity index (χ1n) is 7.10. The topological polar surface area (TPSA) is 72.7 Å². The Balaban J connectivity index is 1.53. The van der Waals surface area contributed by atoms with Crippen molar-refractivity contribution in [2.45, 2.75) is 42.8 Å². The van der Waals surface area contributed by atoms with Crippen LogP contribution in [0, 0.1) is 5.82 Å². The fraction of sp³-hybridized carbons (Fsp3) is 0.429. The lowest BCUT2D eigenvalue weighted by Gasteiger charge is -2.11. The number of thioether (sulfide) groups is 1. The van der Waals surface area contributed by atoms with Crippen molar-refractivity contribution < 1.29 is 9.18 Å². The van der Waals surface area contributed by atoms with Crippen LogP contribution in [0.3, 0.4) is 0 Å². The number of aromatic nitrogens is 4. The van der Waals surface area contributed by atoms with Crippen LogP contribution in [0.1, 0.15) is 31.4 Å². The molecule has 0 spiro atoms. The Morgan fingerprint density at radius 2 is 2.18 bits per heavy atom. The fourth-order valence-corrected chi connectivity index (χ4v) is 2.84. The number of amides is 1. The van der Waals surface area contributed by atoms with Gasteiger partial charge in [0.2, 0.25) is 11.1 Å². The zero-order valence-electron chi connectivity index (χ0n) is 12.1.